The highest BCUT2D eigenvalue weighted by Crippen LogP contribution is 2.21. The normalized spacial score (nSPS) is 11.2. The van der Waals surface area contributed by atoms with Gasteiger partial charge in [0.2, 0.25) is 0 Å². The van der Waals surface area contributed by atoms with Crippen LogP contribution in [0.5, 0.6) is 0 Å². The van der Waals surface area contributed by atoms with Crippen molar-refractivity contribution >= 4 is 16.1 Å². The van der Waals surface area contributed by atoms with Crippen molar-refractivity contribution in [3.05, 3.63) is 29.8 Å². The molecule has 1 aromatic carbocycles. The molecule has 0 spiro atoms. The van der Waals surface area contributed by atoms with Gasteiger partial charge in [0, 0.05) is 19.8 Å². The Morgan fingerprint density at radius 1 is 0.656 bits per heavy atom. The number of rotatable bonds is 18. The van der Waals surface area contributed by atoms with E-state index in [1.165, 1.54) is 120 Å². The molecule has 0 radical (unpaired) electrons. The van der Waals surface area contributed by atoms with E-state index in [9.17, 15) is 0 Å². The van der Waals surface area contributed by atoms with Gasteiger partial charge in [-0.15, -0.1) is 0 Å². The first-order chi connectivity index (χ1) is 15.3. The van der Waals surface area contributed by atoms with Gasteiger partial charge in [-0.05, 0) is 24.5 Å². The lowest BCUT2D eigenvalue weighted by atomic mass is 10.0. The summed E-state index contributed by atoms with van der Waals surface area (Å²) in [5.74, 6) is 0. The summed E-state index contributed by atoms with van der Waals surface area (Å²) in [5, 5.41) is 0. The highest BCUT2D eigenvalue weighted by atomic mass is 32.3. The van der Waals surface area contributed by atoms with E-state index in [0.717, 1.165) is 0 Å². The van der Waals surface area contributed by atoms with E-state index in [0.29, 0.717) is 0 Å². The van der Waals surface area contributed by atoms with E-state index < -0.39 is 10.4 Å². The Kier molecular flexibility index (Phi) is 19.8. The highest BCUT2D eigenvalue weighted by Gasteiger charge is 2.03. The Morgan fingerprint density at radius 2 is 1.00 bits per heavy atom. The summed E-state index contributed by atoms with van der Waals surface area (Å²) in [5.41, 5.74) is 2.89. The Balaban J connectivity index is 0.00000172. The van der Waals surface area contributed by atoms with Crippen LogP contribution in [-0.4, -0.2) is 31.6 Å². The van der Waals surface area contributed by atoms with Gasteiger partial charge in [-0.2, -0.15) is 8.42 Å². The van der Waals surface area contributed by atoms with Crippen molar-refractivity contribution in [2.45, 2.75) is 116 Å². The summed E-state index contributed by atoms with van der Waals surface area (Å²) in [7, 11) is -0.376. The second kappa shape index (κ2) is 20.5. The second-order valence-corrected chi connectivity index (χ2v) is 9.92. The fourth-order valence-electron chi connectivity index (χ4n) is 4.02. The van der Waals surface area contributed by atoms with Crippen molar-refractivity contribution in [3.63, 3.8) is 0 Å². The van der Waals surface area contributed by atoms with Gasteiger partial charge in [0.1, 0.15) is 0 Å². The molecule has 1 rings (SSSR count). The molecule has 0 bridgehead atoms. The number of benzene rings is 1. The molecule has 0 aliphatic heterocycles. The van der Waals surface area contributed by atoms with E-state index in [1.54, 1.807) is 0 Å². The standard InChI is InChI=1S/C26H47N.H2O4S/c1-4-5-6-7-8-9-10-11-12-13-14-15-16-17-18-19-22-25-23-20-21-24-26(25)27(2)3;1-5(2,3)4/h20-21,23-24H,4-19,22H2,1-3H3;(H2,1,2,3,4). The molecule has 0 amide bonds. The molecular weight excluding hydrogens is 422 g/mol. The Bertz CT molecular complexity index is 639. The average Bonchev–Trinajstić information content (AvgIpc) is 2.72. The first-order valence-electron chi connectivity index (χ1n) is 12.7. The molecule has 6 heteroatoms. The van der Waals surface area contributed by atoms with Crippen LogP contribution in [0, 0.1) is 0 Å². The zero-order valence-electron chi connectivity index (χ0n) is 20.9. The smallest absolute Gasteiger partial charge is 0.377 e. The number of hydrogen-bond donors (Lipinski definition) is 2. The van der Waals surface area contributed by atoms with Crippen LogP contribution in [0.25, 0.3) is 0 Å². The molecule has 0 saturated heterocycles. The molecule has 0 aliphatic rings. The van der Waals surface area contributed by atoms with Gasteiger partial charge in [0.25, 0.3) is 0 Å². The van der Waals surface area contributed by atoms with Crippen molar-refractivity contribution in [3.8, 4) is 0 Å². The first-order valence-corrected chi connectivity index (χ1v) is 14.1. The molecule has 0 unspecified atom stereocenters. The molecule has 188 valence electrons. The lowest BCUT2D eigenvalue weighted by Gasteiger charge is -2.17. The van der Waals surface area contributed by atoms with Gasteiger partial charge in [0.05, 0.1) is 0 Å². The van der Waals surface area contributed by atoms with Crippen LogP contribution in [0.15, 0.2) is 24.3 Å². The molecule has 0 aliphatic carbocycles. The maximum absolute atomic E-state index is 8.74. The summed E-state index contributed by atoms with van der Waals surface area (Å²) in [4.78, 5) is 2.24. The Morgan fingerprint density at radius 3 is 1.38 bits per heavy atom. The van der Waals surface area contributed by atoms with Crippen LogP contribution < -0.4 is 4.90 Å². The van der Waals surface area contributed by atoms with Crippen LogP contribution in [0.3, 0.4) is 0 Å². The molecule has 0 saturated carbocycles. The number of hydrogen-bond acceptors (Lipinski definition) is 3. The van der Waals surface area contributed by atoms with E-state index >= 15 is 0 Å². The van der Waals surface area contributed by atoms with Crippen LogP contribution in [0.1, 0.15) is 115 Å². The van der Waals surface area contributed by atoms with Crippen molar-refractivity contribution in [1.29, 1.82) is 0 Å². The monoisotopic (exact) mass is 471 g/mol. The van der Waals surface area contributed by atoms with Crippen LogP contribution in [0.2, 0.25) is 0 Å². The van der Waals surface area contributed by atoms with Gasteiger partial charge >= 0.3 is 10.4 Å². The molecule has 5 nitrogen and oxygen atoms in total. The van der Waals surface area contributed by atoms with E-state index in [-0.39, 0.29) is 0 Å². The zero-order valence-corrected chi connectivity index (χ0v) is 21.7. The average molecular weight is 472 g/mol. The molecule has 32 heavy (non-hydrogen) atoms. The Labute approximate surface area is 198 Å². The van der Waals surface area contributed by atoms with Gasteiger partial charge in [0.15, 0.2) is 0 Å². The lowest BCUT2D eigenvalue weighted by molar-refractivity contribution is 0.381. The summed E-state index contributed by atoms with van der Waals surface area (Å²) in [6.45, 7) is 2.30. The third-order valence-electron chi connectivity index (χ3n) is 5.77. The van der Waals surface area contributed by atoms with Gasteiger partial charge in [-0.25, -0.2) is 0 Å². The topological polar surface area (TPSA) is 77.8 Å². The summed E-state index contributed by atoms with van der Waals surface area (Å²) < 4.78 is 31.6. The fourth-order valence-corrected chi connectivity index (χ4v) is 4.02. The van der Waals surface area contributed by atoms with Crippen molar-refractivity contribution in [1.82, 2.24) is 0 Å². The van der Waals surface area contributed by atoms with Crippen molar-refractivity contribution in [2.75, 3.05) is 19.0 Å². The fraction of sp³-hybridized carbons (Fsp3) is 0.769. The molecular formula is C26H49NO4S. The summed E-state index contributed by atoms with van der Waals surface area (Å²) >= 11 is 0. The summed E-state index contributed by atoms with van der Waals surface area (Å²) in [6.07, 6.45) is 24.3. The molecule has 1 aromatic rings. The maximum Gasteiger partial charge on any atom is 0.394 e. The van der Waals surface area contributed by atoms with E-state index in [2.05, 4.69) is 50.2 Å². The van der Waals surface area contributed by atoms with Crippen LogP contribution in [-0.2, 0) is 16.8 Å². The number of para-hydroxylation sites is 1. The molecule has 0 atom stereocenters. The molecule has 2 N–H and O–H groups in total. The van der Waals surface area contributed by atoms with Crippen molar-refractivity contribution in [2.24, 2.45) is 0 Å². The number of unbranched alkanes of at least 4 members (excludes halogenated alkanes) is 15. The predicted molar refractivity (Wildman–Crippen MR) is 138 cm³/mol. The quantitative estimate of drug-likeness (QED) is 0.168. The molecule has 0 heterocycles. The maximum atomic E-state index is 8.74. The minimum absolute atomic E-state index is 1.23. The number of anilines is 1. The molecule has 0 fully saturated rings. The van der Waals surface area contributed by atoms with Gasteiger partial charge in [-0.1, -0.05) is 121 Å². The first kappa shape index (κ1) is 30.9. The predicted octanol–water partition coefficient (Wildman–Crippen LogP) is 7.90. The van der Waals surface area contributed by atoms with Crippen LogP contribution >= 0.6 is 0 Å². The minimum Gasteiger partial charge on any atom is -0.377 e. The third-order valence-corrected chi connectivity index (χ3v) is 5.77. The number of aryl methyl sites for hydroxylation is 1. The van der Waals surface area contributed by atoms with E-state index in [4.69, 9.17) is 17.5 Å². The second-order valence-electron chi connectivity index (χ2n) is 9.02. The minimum atomic E-state index is -4.67. The van der Waals surface area contributed by atoms with Crippen molar-refractivity contribution < 1.29 is 17.5 Å². The van der Waals surface area contributed by atoms with E-state index in [1.807, 2.05) is 0 Å². The Hall–Kier alpha value is -1.11. The van der Waals surface area contributed by atoms with Crippen LogP contribution in [0.4, 0.5) is 5.69 Å². The van der Waals surface area contributed by atoms with Gasteiger partial charge < -0.3 is 4.90 Å². The zero-order chi connectivity index (χ0) is 24.1. The third kappa shape index (κ3) is 22.1. The number of nitrogens with zero attached hydrogens (tertiary/aromatic N) is 1. The highest BCUT2D eigenvalue weighted by molar-refractivity contribution is 7.79. The van der Waals surface area contributed by atoms with Gasteiger partial charge in [-0.3, -0.25) is 9.11 Å². The summed E-state index contributed by atoms with van der Waals surface area (Å²) in [6, 6.07) is 8.85. The lowest BCUT2D eigenvalue weighted by Crippen LogP contribution is -2.11. The SMILES string of the molecule is CCCCCCCCCCCCCCCCCCc1ccccc1N(C)C.O=S(=O)(O)O. The molecule has 0 aromatic heterocycles. The largest absolute Gasteiger partial charge is 0.394 e.